The van der Waals surface area contributed by atoms with Crippen LogP contribution in [0.2, 0.25) is 0 Å². The fourth-order valence-electron chi connectivity index (χ4n) is 5.32. The second kappa shape index (κ2) is 11.0. The van der Waals surface area contributed by atoms with Crippen LogP contribution in [0.1, 0.15) is 82.2 Å². The summed E-state index contributed by atoms with van der Waals surface area (Å²) < 4.78 is 21.9. The largest absolute Gasteiger partial charge is 0.466 e. The molecular formula is C27H35FN2O3. The highest BCUT2D eigenvalue weighted by molar-refractivity contribution is 5.84. The van der Waals surface area contributed by atoms with Crippen LogP contribution in [0, 0.1) is 5.82 Å². The Labute approximate surface area is 195 Å². The molecule has 0 saturated heterocycles. The Hall–Kier alpha value is -2.63. The molecule has 2 aliphatic carbocycles. The molecule has 1 N–H and O–H groups in total. The average Bonchev–Trinajstić information content (AvgIpc) is 3.36. The second-order valence-corrected chi connectivity index (χ2v) is 9.48. The van der Waals surface area contributed by atoms with Crippen molar-refractivity contribution in [1.82, 2.24) is 4.57 Å². The van der Waals surface area contributed by atoms with Gasteiger partial charge in [0.25, 0.3) is 0 Å². The number of carbonyl (C=O) groups is 1. The summed E-state index contributed by atoms with van der Waals surface area (Å²) in [7, 11) is 1.35. The lowest BCUT2D eigenvalue weighted by Gasteiger charge is -2.25. The number of benzene rings is 1. The number of aryl methyl sites for hydroxylation is 1. The Kier molecular flexibility index (Phi) is 7.84. The van der Waals surface area contributed by atoms with Gasteiger partial charge in [0.1, 0.15) is 5.82 Å². The molecule has 5 nitrogen and oxygen atoms in total. The van der Waals surface area contributed by atoms with Gasteiger partial charge in [0, 0.05) is 35.3 Å². The number of allylic oxidation sites excluding steroid dienone is 1. The molecule has 0 atom stereocenters. The molecule has 2 fully saturated rings. The Balaban J connectivity index is 1.63. The summed E-state index contributed by atoms with van der Waals surface area (Å²) in [6, 6.07) is 3.95. The minimum Gasteiger partial charge on any atom is -0.466 e. The molecule has 1 aromatic carbocycles. The number of esters is 1. The zero-order chi connectivity index (χ0) is 23.2. The number of carbonyl (C=O) groups excluding carboxylic acids is 1. The van der Waals surface area contributed by atoms with Gasteiger partial charge in [0.2, 0.25) is 0 Å². The minimum absolute atomic E-state index is 0.0840. The smallest absolute Gasteiger partial charge is 0.330 e. The summed E-state index contributed by atoms with van der Waals surface area (Å²) in [6.07, 6.45) is 17.5. The van der Waals surface area contributed by atoms with E-state index in [0.717, 1.165) is 37.6 Å². The average molecular weight is 455 g/mol. The van der Waals surface area contributed by atoms with Crippen LogP contribution in [0.4, 0.5) is 10.1 Å². The summed E-state index contributed by atoms with van der Waals surface area (Å²) in [5.41, 5.74) is 1.98. The number of anilines is 1. The van der Waals surface area contributed by atoms with E-state index in [9.17, 15) is 9.59 Å². The number of nitrogens with zero attached hydrogens (tertiary/aromatic N) is 1. The molecule has 0 spiro atoms. The van der Waals surface area contributed by atoms with E-state index in [0.29, 0.717) is 41.6 Å². The number of hydrogen-bond acceptors (Lipinski definition) is 4. The predicted octanol–water partition coefficient (Wildman–Crippen LogP) is 6.05. The van der Waals surface area contributed by atoms with Gasteiger partial charge in [-0.05, 0) is 57.1 Å². The van der Waals surface area contributed by atoms with Crippen LogP contribution in [0.5, 0.6) is 0 Å². The van der Waals surface area contributed by atoms with Gasteiger partial charge in [0.15, 0.2) is 5.43 Å². The first-order valence-corrected chi connectivity index (χ1v) is 12.4. The maximum absolute atomic E-state index is 15.1. The Bertz CT molecular complexity index is 1060. The van der Waals surface area contributed by atoms with Crippen molar-refractivity contribution in [3.8, 4) is 0 Å². The standard InChI is InChI=1S/C27H35FN2O3/c1-33-26(31)15-7-2-4-10-19-18-30(21-13-8-9-14-21)25-17-24(23(28)16-22(25)27(19)32)29-20-11-5-3-6-12-20/h7,15-18,20-21,29H,2-6,8-14H2,1H3. The number of hydrogen-bond donors (Lipinski definition) is 1. The lowest BCUT2D eigenvalue weighted by molar-refractivity contribution is -0.134. The third-order valence-corrected chi connectivity index (χ3v) is 7.15. The highest BCUT2D eigenvalue weighted by Gasteiger charge is 2.22. The van der Waals surface area contributed by atoms with E-state index >= 15 is 4.39 Å². The number of aromatic nitrogens is 1. The maximum atomic E-state index is 15.1. The molecule has 178 valence electrons. The highest BCUT2D eigenvalue weighted by Crippen LogP contribution is 2.34. The van der Waals surface area contributed by atoms with E-state index in [2.05, 4.69) is 14.6 Å². The number of halogens is 1. The Morgan fingerprint density at radius 1 is 1.15 bits per heavy atom. The van der Waals surface area contributed by atoms with Crippen molar-refractivity contribution in [2.24, 2.45) is 0 Å². The molecule has 0 aliphatic heterocycles. The summed E-state index contributed by atoms with van der Waals surface area (Å²) in [6.45, 7) is 0. The quantitative estimate of drug-likeness (QED) is 0.300. The van der Waals surface area contributed by atoms with Crippen molar-refractivity contribution in [2.45, 2.75) is 89.1 Å². The maximum Gasteiger partial charge on any atom is 0.330 e. The SMILES string of the molecule is COC(=O)C=CCCCc1cn(C2CCCC2)c2cc(NC3CCCCC3)c(F)cc2c1=O. The summed E-state index contributed by atoms with van der Waals surface area (Å²) in [4.78, 5) is 24.5. The van der Waals surface area contributed by atoms with E-state index in [1.807, 2.05) is 12.3 Å². The first-order chi connectivity index (χ1) is 16.1. The van der Waals surface area contributed by atoms with Crippen molar-refractivity contribution >= 4 is 22.6 Å². The van der Waals surface area contributed by atoms with E-state index in [1.54, 1.807) is 6.08 Å². The van der Waals surface area contributed by atoms with Crippen molar-refractivity contribution < 1.29 is 13.9 Å². The van der Waals surface area contributed by atoms with Crippen LogP contribution in [0.25, 0.3) is 10.9 Å². The molecule has 0 bridgehead atoms. The van der Waals surface area contributed by atoms with Crippen LogP contribution in [-0.2, 0) is 16.0 Å². The zero-order valence-corrected chi connectivity index (χ0v) is 19.6. The fourth-order valence-corrected chi connectivity index (χ4v) is 5.32. The molecule has 2 saturated carbocycles. The van der Waals surface area contributed by atoms with Crippen LogP contribution in [-0.4, -0.2) is 23.7 Å². The second-order valence-electron chi connectivity index (χ2n) is 9.48. The zero-order valence-electron chi connectivity index (χ0n) is 19.6. The molecule has 0 amide bonds. The summed E-state index contributed by atoms with van der Waals surface area (Å²) >= 11 is 0. The molecule has 0 unspecified atom stereocenters. The summed E-state index contributed by atoms with van der Waals surface area (Å²) in [5, 5.41) is 3.89. The molecule has 0 radical (unpaired) electrons. The van der Waals surface area contributed by atoms with E-state index < -0.39 is 0 Å². The van der Waals surface area contributed by atoms with Crippen LogP contribution in [0.15, 0.2) is 35.3 Å². The van der Waals surface area contributed by atoms with Crippen molar-refractivity contribution in [3.63, 3.8) is 0 Å². The first-order valence-electron chi connectivity index (χ1n) is 12.4. The number of unbranched alkanes of at least 4 members (excludes halogenated alkanes) is 1. The lowest BCUT2D eigenvalue weighted by atomic mass is 9.95. The molecule has 1 heterocycles. The van der Waals surface area contributed by atoms with Gasteiger partial charge >= 0.3 is 5.97 Å². The van der Waals surface area contributed by atoms with Crippen LogP contribution < -0.4 is 10.7 Å². The van der Waals surface area contributed by atoms with Gasteiger partial charge in [-0.2, -0.15) is 0 Å². The van der Waals surface area contributed by atoms with Crippen LogP contribution in [0.3, 0.4) is 0 Å². The summed E-state index contributed by atoms with van der Waals surface area (Å²) in [5.74, 6) is -0.723. The molecule has 6 heteroatoms. The lowest BCUT2D eigenvalue weighted by Crippen LogP contribution is -2.23. The van der Waals surface area contributed by atoms with Crippen LogP contribution >= 0.6 is 0 Å². The molecule has 33 heavy (non-hydrogen) atoms. The first kappa shape index (κ1) is 23.5. The monoisotopic (exact) mass is 454 g/mol. The third kappa shape index (κ3) is 5.66. The highest BCUT2D eigenvalue weighted by atomic mass is 19.1. The van der Waals surface area contributed by atoms with Gasteiger partial charge in [0.05, 0.1) is 18.3 Å². The van der Waals surface area contributed by atoms with E-state index in [4.69, 9.17) is 0 Å². The third-order valence-electron chi connectivity index (χ3n) is 7.15. The molecule has 2 aromatic rings. The molecule has 2 aliphatic rings. The van der Waals surface area contributed by atoms with E-state index in [-0.39, 0.29) is 17.2 Å². The van der Waals surface area contributed by atoms with Gasteiger partial charge in [-0.15, -0.1) is 0 Å². The van der Waals surface area contributed by atoms with E-state index in [1.165, 1.54) is 51.4 Å². The molecule has 1 aromatic heterocycles. The minimum atomic E-state index is -0.377. The number of pyridine rings is 1. The molecule has 4 rings (SSSR count). The topological polar surface area (TPSA) is 60.3 Å². The molecular weight excluding hydrogens is 419 g/mol. The normalized spacial score (nSPS) is 17.8. The number of ether oxygens (including phenoxy) is 1. The number of nitrogens with one attached hydrogen (secondary N) is 1. The van der Waals surface area contributed by atoms with Crippen molar-refractivity contribution in [2.75, 3.05) is 12.4 Å². The van der Waals surface area contributed by atoms with Gasteiger partial charge in [-0.1, -0.05) is 38.2 Å². The van der Waals surface area contributed by atoms with Gasteiger partial charge < -0.3 is 14.6 Å². The number of fused-ring (bicyclic) bond motifs is 1. The number of rotatable bonds is 8. The van der Waals surface area contributed by atoms with Crippen molar-refractivity contribution in [1.29, 1.82) is 0 Å². The number of methoxy groups -OCH3 is 1. The van der Waals surface area contributed by atoms with Crippen molar-refractivity contribution in [3.05, 3.63) is 52.1 Å². The predicted molar refractivity (Wildman–Crippen MR) is 130 cm³/mol. The Morgan fingerprint density at radius 2 is 1.88 bits per heavy atom. The fraction of sp³-hybridized carbons (Fsp3) is 0.556. The van der Waals surface area contributed by atoms with Gasteiger partial charge in [-0.3, -0.25) is 4.79 Å². The van der Waals surface area contributed by atoms with Gasteiger partial charge in [-0.25, -0.2) is 9.18 Å². The Morgan fingerprint density at radius 3 is 2.61 bits per heavy atom.